The third-order valence-corrected chi connectivity index (χ3v) is 4.40. The average molecular weight is 256 g/mol. The molecule has 4 heteroatoms. The SMILES string of the molecule is COC(CC(C)(CN)N(CC1CC1)C1CC1)OC. The second-order valence-electron chi connectivity index (χ2n) is 6.13. The van der Waals surface area contributed by atoms with Gasteiger partial charge in [-0.2, -0.15) is 0 Å². The molecule has 0 bridgehead atoms. The van der Waals surface area contributed by atoms with E-state index in [2.05, 4.69) is 11.8 Å². The summed E-state index contributed by atoms with van der Waals surface area (Å²) in [5.74, 6) is 0.903. The van der Waals surface area contributed by atoms with E-state index in [1.54, 1.807) is 14.2 Å². The minimum Gasteiger partial charge on any atom is -0.356 e. The predicted octanol–water partition coefficient (Wildman–Crippen LogP) is 1.59. The molecule has 2 N–H and O–H groups in total. The number of nitrogens with zero attached hydrogens (tertiary/aromatic N) is 1. The summed E-state index contributed by atoms with van der Waals surface area (Å²) in [5, 5.41) is 0. The lowest BCUT2D eigenvalue weighted by Gasteiger charge is -2.42. The molecule has 2 aliphatic rings. The summed E-state index contributed by atoms with van der Waals surface area (Å²) in [6, 6.07) is 0.744. The molecule has 0 amide bonds. The molecule has 0 heterocycles. The van der Waals surface area contributed by atoms with Crippen LogP contribution in [0.2, 0.25) is 0 Å². The van der Waals surface area contributed by atoms with E-state index in [0.717, 1.165) is 18.4 Å². The molecule has 1 atom stereocenters. The van der Waals surface area contributed by atoms with Gasteiger partial charge in [-0.15, -0.1) is 0 Å². The van der Waals surface area contributed by atoms with Crippen LogP contribution in [0.4, 0.5) is 0 Å². The summed E-state index contributed by atoms with van der Waals surface area (Å²) in [4.78, 5) is 2.63. The highest BCUT2D eigenvalue weighted by Gasteiger charge is 2.43. The Hall–Kier alpha value is -0.160. The molecule has 0 radical (unpaired) electrons. The Morgan fingerprint density at radius 2 is 1.83 bits per heavy atom. The van der Waals surface area contributed by atoms with Gasteiger partial charge in [-0.05, 0) is 38.5 Å². The van der Waals surface area contributed by atoms with Crippen molar-refractivity contribution >= 4 is 0 Å². The van der Waals surface area contributed by atoms with Gasteiger partial charge in [-0.25, -0.2) is 0 Å². The summed E-state index contributed by atoms with van der Waals surface area (Å²) < 4.78 is 10.7. The van der Waals surface area contributed by atoms with Crippen LogP contribution in [-0.2, 0) is 9.47 Å². The van der Waals surface area contributed by atoms with Crippen LogP contribution in [0.15, 0.2) is 0 Å². The fourth-order valence-electron chi connectivity index (χ4n) is 2.71. The molecule has 0 aromatic carbocycles. The highest BCUT2D eigenvalue weighted by molar-refractivity contribution is 4.99. The van der Waals surface area contributed by atoms with Crippen molar-refractivity contribution in [1.82, 2.24) is 4.90 Å². The molecule has 0 aromatic heterocycles. The van der Waals surface area contributed by atoms with Crippen molar-refractivity contribution in [3.05, 3.63) is 0 Å². The third kappa shape index (κ3) is 3.44. The van der Waals surface area contributed by atoms with Crippen molar-refractivity contribution < 1.29 is 9.47 Å². The lowest BCUT2D eigenvalue weighted by Crippen LogP contribution is -2.55. The Labute approximate surface area is 111 Å². The first-order valence-electron chi connectivity index (χ1n) is 7.15. The first kappa shape index (κ1) is 14.3. The maximum absolute atomic E-state index is 6.07. The highest BCUT2D eigenvalue weighted by Crippen LogP contribution is 2.40. The summed E-state index contributed by atoms with van der Waals surface area (Å²) in [6.07, 6.45) is 6.13. The molecule has 2 rings (SSSR count). The molecule has 1 unspecified atom stereocenters. The van der Waals surface area contributed by atoms with E-state index < -0.39 is 0 Å². The molecule has 2 fully saturated rings. The minimum atomic E-state index is -0.154. The van der Waals surface area contributed by atoms with Crippen LogP contribution < -0.4 is 5.73 Å². The Balaban J connectivity index is 2.00. The Morgan fingerprint density at radius 1 is 1.22 bits per heavy atom. The first-order valence-corrected chi connectivity index (χ1v) is 7.15. The van der Waals surface area contributed by atoms with Crippen LogP contribution in [0.1, 0.15) is 39.0 Å². The zero-order valence-corrected chi connectivity index (χ0v) is 12.0. The van der Waals surface area contributed by atoms with Crippen LogP contribution in [0.25, 0.3) is 0 Å². The summed E-state index contributed by atoms with van der Waals surface area (Å²) in [5.41, 5.74) is 6.07. The largest absolute Gasteiger partial charge is 0.356 e. The van der Waals surface area contributed by atoms with Crippen molar-refractivity contribution in [2.45, 2.75) is 56.9 Å². The van der Waals surface area contributed by atoms with Gasteiger partial charge in [-0.1, -0.05) is 0 Å². The number of methoxy groups -OCH3 is 2. The second-order valence-corrected chi connectivity index (χ2v) is 6.13. The normalized spacial score (nSPS) is 23.7. The number of nitrogens with two attached hydrogens (primary N) is 1. The molecule has 18 heavy (non-hydrogen) atoms. The van der Waals surface area contributed by atoms with Crippen LogP contribution in [0.3, 0.4) is 0 Å². The Bertz CT molecular complexity index is 263. The van der Waals surface area contributed by atoms with Crippen LogP contribution in [-0.4, -0.2) is 50.1 Å². The van der Waals surface area contributed by atoms with Crippen molar-refractivity contribution in [3.63, 3.8) is 0 Å². The fourth-order valence-corrected chi connectivity index (χ4v) is 2.71. The van der Waals surface area contributed by atoms with E-state index in [1.807, 2.05) is 0 Å². The highest BCUT2D eigenvalue weighted by atomic mass is 16.7. The van der Waals surface area contributed by atoms with E-state index >= 15 is 0 Å². The summed E-state index contributed by atoms with van der Waals surface area (Å²) in [6.45, 7) is 4.14. The van der Waals surface area contributed by atoms with Gasteiger partial charge in [0, 0.05) is 45.3 Å². The first-order chi connectivity index (χ1) is 8.62. The summed E-state index contributed by atoms with van der Waals surface area (Å²) in [7, 11) is 3.40. The molecule has 0 saturated heterocycles. The molecule has 4 nitrogen and oxygen atoms in total. The lowest BCUT2D eigenvalue weighted by molar-refractivity contribution is -0.129. The van der Waals surface area contributed by atoms with E-state index in [9.17, 15) is 0 Å². The third-order valence-electron chi connectivity index (χ3n) is 4.40. The zero-order chi connectivity index (χ0) is 13.2. The Morgan fingerprint density at radius 3 is 2.22 bits per heavy atom. The molecule has 106 valence electrons. The van der Waals surface area contributed by atoms with E-state index in [-0.39, 0.29) is 11.8 Å². The average Bonchev–Trinajstić information content (AvgIpc) is 3.25. The fraction of sp³-hybridized carbons (Fsp3) is 1.00. The molecular formula is C14H28N2O2. The van der Waals surface area contributed by atoms with Gasteiger partial charge in [-0.3, -0.25) is 4.90 Å². The number of rotatable bonds is 9. The maximum atomic E-state index is 6.07. The monoisotopic (exact) mass is 256 g/mol. The smallest absolute Gasteiger partial charge is 0.158 e. The van der Waals surface area contributed by atoms with Crippen molar-refractivity contribution in [1.29, 1.82) is 0 Å². The molecule has 0 spiro atoms. The van der Waals surface area contributed by atoms with Crippen molar-refractivity contribution in [3.8, 4) is 0 Å². The van der Waals surface area contributed by atoms with Crippen LogP contribution >= 0.6 is 0 Å². The van der Waals surface area contributed by atoms with Gasteiger partial charge in [0.2, 0.25) is 0 Å². The molecular weight excluding hydrogens is 228 g/mol. The number of hydrogen-bond acceptors (Lipinski definition) is 4. The lowest BCUT2D eigenvalue weighted by atomic mass is 9.94. The molecule has 0 aliphatic heterocycles. The van der Waals surface area contributed by atoms with Crippen LogP contribution in [0, 0.1) is 5.92 Å². The number of hydrogen-bond donors (Lipinski definition) is 1. The van der Waals surface area contributed by atoms with Gasteiger partial charge >= 0.3 is 0 Å². The van der Waals surface area contributed by atoms with Gasteiger partial charge in [0.15, 0.2) is 6.29 Å². The van der Waals surface area contributed by atoms with E-state index in [0.29, 0.717) is 6.54 Å². The number of ether oxygens (including phenoxy) is 2. The molecule has 2 aliphatic carbocycles. The standard InChI is InChI=1S/C14H28N2O2/c1-14(10-15,8-13(17-2)18-3)16(12-6-7-12)9-11-4-5-11/h11-13H,4-10,15H2,1-3H3. The summed E-state index contributed by atoms with van der Waals surface area (Å²) >= 11 is 0. The second kappa shape index (κ2) is 5.87. The maximum Gasteiger partial charge on any atom is 0.158 e. The van der Waals surface area contributed by atoms with Gasteiger partial charge in [0.05, 0.1) is 0 Å². The molecule has 2 saturated carbocycles. The Kier molecular flexibility index (Phi) is 4.64. The minimum absolute atomic E-state index is 0.000440. The zero-order valence-electron chi connectivity index (χ0n) is 12.0. The predicted molar refractivity (Wildman–Crippen MR) is 72.3 cm³/mol. The van der Waals surface area contributed by atoms with Gasteiger partial charge in [0.1, 0.15) is 0 Å². The molecule has 0 aromatic rings. The van der Waals surface area contributed by atoms with E-state index in [1.165, 1.54) is 32.2 Å². The van der Waals surface area contributed by atoms with Gasteiger partial charge < -0.3 is 15.2 Å². The topological polar surface area (TPSA) is 47.7 Å². The quantitative estimate of drug-likeness (QED) is 0.636. The van der Waals surface area contributed by atoms with Gasteiger partial charge in [0.25, 0.3) is 0 Å². The van der Waals surface area contributed by atoms with Crippen LogP contribution in [0.5, 0.6) is 0 Å². The van der Waals surface area contributed by atoms with Crippen molar-refractivity contribution in [2.24, 2.45) is 11.7 Å². The van der Waals surface area contributed by atoms with Crippen molar-refractivity contribution in [2.75, 3.05) is 27.3 Å². The van der Waals surface area contributed by atoms with E-state index in [4.69, 9.17) is 15.2 Å².